The van der Waals surface area contributed by atoms with E-state index < -0.39 is 11.5 Å². The van der Waals surface area contributed by atoms with Gasteiger partial charge in [0.05, 0.1) is 0 Å². The molecule has 0 fully saturated rings. The molecule has 90 valence electrons. The second kappa shape index (κ2) is 5.46. The van der Waals surface area contributed by atoms with E-state index in [1.54, 1.807) is 25.2 Å². The smallest absolute Gasteiger partial charge is 0.323 e. The van der Waals surface area contributed by atoms with Crippen molar-refractivity contribution in [1.29, 1.82) is 0 Å². The summed E-state index contributed by atoms with van der Waals surface area (Å²) in [5, 5.41) is 11.2. The van der Waals surface area contributed by atoms with Gasteiger partial charge in [-0.05, 0) is 38.3 Å². The van der Waals surface area contributed by atoms with Crippen molar-refractivity contribution in [3.05, 3.63) is 22.4 Å². The van der Waals surface area contributed by atoms with E-state index in [2.05, 4.69) is 6.07 Å². The van der Waals surface area contributed by atoms with E-state index in [-0.39, 0.29) is 0 Å². The Morgan fingerprint density at radius 3 is 2.69 bits per heavy atom. The first-order valence-electron chi connectivity index (χ1n) is 5.49. The number of hydrogen-bond donors (Lipinski definition) is 1. The largest absolute Gasteiger partial charge is 0.480 e. The van der Waals surface area contributed by atoms with Gasteiger partial charge in [-0.1, -0.05) is 13.0 Å². The molecule has 0 unspecified atom stereocenters. The van der Waals surface area contributed by atoms with Crippen LogP contribution in [0.1, 0.15) is 25.6 Å². The highest BCUT2D eigenvalue weighted by atomic mass is 32.1. The van der Waals surface area contributed by atoms with Crippen LogP contribution >= 0.6 is 11.3 Å². The van der Waals surface area contributed by atoms with Gasteiger partial charge in [0.1, 0.15) is 5.54 Å². The summed E-state index contributed by atoms with van der Waals surface area (Å²) in [6.07, 6.45) is 0.919. The fourth-order valence-electron chi connectivity index (χ4n) is 1.67. The molecule has 1 aromatic rings. The number of carboxylic acids is 1. The summed E-state index contributed by atoms with van der Waals surface area (Å²) in [5.41, 5.74) is -0.786. The van der Waals surface area contributed by atoms with Crippen molar-refractivity contribution >= 4 is 17.3 Å². The number of likely N-dealkylation sites (N-methyl/N-ethyl adjacent to an activating group) is 1. The van der Waals surface area contributed by atoms with E-state index in [0.29, 0.717) is 0 Å². The van der Waals surface area contributed by atoms with Crippen molar-refractivity contribution in [2.45, 2.75) is 32.7 Å². The zero-order valence-corrected chi connectivity index (χ0v) is 10.9. The number of carboxylic acid groups (broad SMARTS) is 1. The first kappa shape index (κ1) is 13.2. The summed E-state index contributed by atoms with van der Waals surface area (Å²) in [6.45, 7) is 7.06. The lowest BCUT2D eigenvalue weighted by Gasteiger charge is -2.33. The van der Waals surface area contributed by atoms with Gasteiger partial charge in [0.25, 0.3) is 0 Å². The predicted molar refractivity (Wildman–Crippen MR) is 67.0 cm³/mol. The summed E-state index contributed by atoms with van der Waals surface area (Å²) in [5.74, 6) is -0.763. The number of carbonyl (C=O) groups is 1. The third kappa shape index (κ3) is 3.06. The first-order valence-corrected chi connectivity index (χ1v) is 6.37. The number of hydrogen-bond acceptors (Lipinski definition) is 3. The van der Waals surface area contributed by atoms with E-state index >= 15 is 0 Å². The maximum atomic E-state index is 11.1. The molecule has 4 heteroatoms. The minimum atomic E-state index is -0.786. The molecule has 1 heterocycles. The molecule has 1 N–H and O–H groups in total. The molecule has 1 rings (SSSR count). The zero-order chi connectivity index (χ0) is 12.2. The number of rotatable bonds is 6. The Hall–Kier alpha value is -0.870. The van der Waals surface area contributed by atoms with Crippen LogP contribution in [0.3, 0.4) is 0 Å². The topological polar surface area (TPSA) is 40.5 Å². The molecule has 0 aliphatic heterocycles. The highest BCUT2D eigenvalue weighted by Gasteiger charge is 2.33. The van der Waals surface area contributed by atoms with Crippen molar-refractivity contribution in [1.82, 2.24) is 4.90 Å². The Morgan fingerprint density at radius 1 is 1.56 bits per heavy atom. The quantitative estimate of drug-likeness (QED) is 0.831. The number of thiophene rings is 1. The molecule has 16 heavy (non-hydrogen) atoms. The van der Waals surface area contributed by atoms with Crippen molar-refractivity contribution in [3.63, 3.8) is 0 Å². The van der Waals surface area contributed by atoms with Gasteiger partial charge in [-0.2, -0.15) is 0 Å². The van der Waals surface area contributed by atoms with E-state index in [1.165, 1.54) is 4.88 Å². The standard InChI is InChI=1S/C12H19NO2S/c1-4-13(12(2,3)11(14)15)8-7-10-6-5-9-16-10/h5-6,9H,4,7-8H2,1-3H3,(H,14,15). The molecule has 0 radical (unpaired) electrons. The molecule has 0 atom stereocenters. The Kier molecular flexibility index (Phi) is 4.50. The fraction of sp³-hybridized carbons (Fsp3) is 0.583. The van der Waals surface area contributed by atoms with Crippen molar-refractivity contribution in [3.8, 4) is 0 Å². The van der Waals surface area contributed by atoms with Crippen LogP contribution in [0.5, 0.6) is 0 Å². The Labute approximate surface area is 101 Å². The second-order valence-corrected chi connectivity index (χ2v) is 5.31. The average Bonchev–Trinajstić information content (AvgIpc) is 2.71. The molecular weight excluding hydrogens is 222 g/mol. The van der Waals surface area contributed by atoms with Crippen molar-refractivity contribution in [2.24, 2.45) is 0 Å². The van der Waals surface area contributed by atoms with Crippen LogP contribution in [-0.4, -0.2) is 34.6 Å². The molecule has 0 saturated heterocycles. The van der Waals surface area contributed by atoms with Crippen LogP contribution in [0.4, 0.5) is 0 Å². The van der Waals surface area contributed by atoms with Crippen LogP contribution in [-0.2, 0) is 11.2 Å². The summed E-state index contributed by atoms with van der Waals surface area (Å²) in [7, 11) is 0. The van der Waals surface area contributed by atoms with Crippen LogP contribution in [0.15, 0.2) is 17.5 Å². The van der Waals surface area contributed by atoms with Gasteiger partial charge in [0, 0.05) is 11.4 Å². The zero-order valence-electron chi connectivity index (χ0n) is 10.1. The monoisotopic (exact) mass is 241 g/mol. The van der Waals surface area contributed by atoms with Crippen molar-refractivity contribution in [2.75, 3.05) is 13.1 Å². The lowest BCUT2D eigenvalue weighted by atomic mass is 10.0. The third-order valence-corrected chi connectivity index (χ3v) is 3.84. The minimum absolute atomic E-state index is 0.755. The Morgan fingerprint density at radius 2 is 2.25 bits per heavy atom. The molecule has 0 spiro atoms. The van der Waals surface area contributed by atoms with Gasteiger partial charge < -0.3 is 5.11 Å². The number of aliphatic carboxylic acids is 1. The predicted octanol–water partition coefficient (Wildman–Crippen LogP) is 2.48. The fourth-order valence-corrected chi connectivity index (χ4v) is 2.37. The highest BCUT2D eigenvalue weighted by Crippen LogP contribution is 2.17. The van der Waals surface area contributed by atoms with Crippen LogP contribution in [0.25, 0.3) is 0 Å². The molecular formula is C12H19NO2S. The summed E-state index contributed by atoms with van der Waals surface area (Å²) in [6, 6.07) is 4.12. The van der Waals surface area contributed by atoms with Gasteiger partial charge in [-0.3, -0.25) is 9.69 Å². The maximum absolute atomic E-state index is 11.1. The summed E-state index contributed by atoms with van der Waals surface area (Å²) < 4.78 is 0. The van der Waals surface area contributed by atoms with E-state index in [9.17, 15) is 4.79 Å². The first-order chi connectivity index (χ1) is 7.48. The van der Waals surface area contributed by atoms with Gasteiger partial charge in [-0.25, -0.2) is 0 Å². The minimum Gasteiger partial charge on any atom is -0.480 e. The normalized spacial score (nSPS) is 12.0. The van der Waals surface area contributed by atoms with Crippen LogP contribution < -0.4 is 0 Å². The van der Waals surface area contributed by atoms with E-state index in [0.717, 1.165) is 19.5 Å². The summed E-state index contributed by atoms with van der Waals surface area (Å²) >= 11 is 1.72. The second-order valence-electron chi connectivity index (χ2n) is 4.27. The highest BCUT2D eigenvalue weighted by molar-refractivity contribution is 7.09. The SMILES string of the molecule is CCN(CCc1cccs1)C(C)(C)C(=O)O. The lowest BCUT2D eigenvalue weighted by molar-refractivity contribution is -0.149. The molecule has 0 aromatic carbocycles. The van der Waals surface area contributed by atoms with E-state index in [4.69, 9.17) is 5.11 Å². The van der Waals surface area contributed by atoms with E-state index in [1.807, 2.05) is 23.3 Å². The van der Waals surface area contributed by atoms with Gasteiger partial charge in [0.2, 0.25) is 0 Å². The molecule has 0 bridgehead atoms. The Balaban J connectivity index is 2.59. The van der Waals surface area contributed by atoms with Gasteiger partial charge in [-0.15, -0.1) is 11.3 Å². The third-order valence-electron chi connectivity index (χ3n) is 2.90. The van der Waals surface area contributed by atoms with Crippen LogP contribution in [0, 0.1) is 0 Å². The van der Waals surface area contributed by atoms with Gasteiger partial charge in [0.15, 0.2) is 0 Å². The van der Waals surface area contributed by atoms with Gasteiger partial charge >= 0.3 is 5.97 Å². The molecule has 3 nitrogen and oxygen atoms in total. The molecule has 0 aliphatic rings. The molecule has 1 aromatic heterocycles. The summed E-state index contributed by atoms with van der Waals surface area (Å²) in [4.78, 5) is 14.4. The lowest BCUT2D eigenvalue weighted by Crippen LogP contribution is -2.50. The average molecular weight is 241 g/mol. The molecule has 0 aliphatic carbocycles. The van der Waals surface area contributed by atoms with Crippen LogP contribution in [0.2, 0.25) is 0 Å². The maximum Gasteiger partial charge on any atom is 0.323 e. The molecule has 0 amide bonds. The Bertz CT molecular complexity index is 333. The number of nitrogens with zero attached hydrogens (tertiary/aromatic N) is 1. The van der Waals surface area contributed by atoms with Crippen molar-refractivity contribution < 1.29 is 9.90 Å². The molecule has 0 saturated carbocycles.